The van der Waals surface area contributed by atoms with Gasteiger partial charge in [-0.15, -0.1) is 11.3 Å². The zero-order valence-electron chi connectivity index (χ0n) is 11.2. The molecule has 0 aliphatic carbocycles. The van der Waals surface area contributed by atoms with Gasteiger partial charge in [-0.1, -0.05) is 30.7 Å². The molecule has 20 heavy (non-hydrogen) atoms. The molecule has 106 valence electrons. The van der Waals surface area contributed by atoms with Crippen LogP contribution in [0.4, 0.5) is 0 Å². The monoisotopic (exact) mass is 309 g/mol. The van der Waals surface area contributed by atoms with Crippen molar-refractivity contribution < 1.29 is 9.47 Å². The van der Waals surface area contributed by atoms with Gasteiger partial charge in [-0.05, 0) is 24.1 Å². The van der Waals surface area contributed by atoms with Crippen molar-refractivity contribution in [2.75, 3.05) is 19.8 Å². The summed E-state index contributed by atoms with van der Waals surface area (Å²) in [5.74, 6) is 1.64. The van der Waals surface area contributed by atoms with Gasteiger partial charge in [0.15, 0.2) is 11.5 Å². The summed E-state index contributed by atoms with van der Waals surface area (Å²) in [6.07, 6.45) is 0. The SMILES string of the molecule is CCNC(c1cccc2c1OCCO2)c1sccc1Cl. The molecule has 3 rings (SSSR count). The van der Waals surface area contributed by atoms with Gasteiger partial charge in [0.05, 0.1) is 11.1 Å². The number of hydrogen-bond acceptors (Lipinski definition) is 4. The van der Waals surface area contributed by atoms with Crippen LogP contribution in [0.2, 0.25) is 5.02 Å². The minimum absolute atomic E-state index is 0.0316. The van der Waals surface area contributed by atoms with E-state index < -0.39 is 0 Å². The van der Waals surface area contributed by atoms with Crippen LogP contribution in [-0.4, -0.2) is 19.8 Å². The maximum atomic E-state index is 6.30. The molecule has 2 heterocycles. The number of thiophene rings is 1. The second kappa shape index (κ2) is 6.04. The molecule has 1 N–H and O–H groups in total. The van der Waals surface area contributed by atoms with Gasteiger partial charge in [-0.2, -0.15) is 0 Å². The van der Waals surface area contributed by atoms with E-state index in [1.54, 1.807) is 11.3 Å². The summed E-state index contributed by atoms with van der Waals surface area (Å²) in [5, 5.41) is 6.28. The number of hydrogen-bond donors (Lipinski definition) is 1. The number of nitrogens with one attached hydrogen (secondary N) is 1. The highest BCUT2D eigenvalue weighted by Gasteiger charge is 2.25. The Morgan fingerprint density at radius 3 is 2.90 bits per heavy atom. The van der Waals surface area contributed by atoms with Gasteiger partial charge in [-0.25, -0.2) is 0 Å². The van der Waals surface area contributed by atoms with Crippen LogP contribution in [0.5, 0.6) is 11.5 Å². The first kappa shape index (κ1) is 13.7. The van der Waals surface area contributed by atoms with Crippen LogP contribution < -0.4 is 14.8 Å². The Kier molecular flexibility index (Phi) is 4.15. The van der Waals surface area contributed by atoms with Crippen LogP contribution >= 0.6 is 22.9 Å². The predicted molar refractivity (Wildman–Crippen MR) is 82.3 cm³/mol. The Bertz CT molecular complexity index is 599. The molecule has 3 nitrogen and oxygen atoms in total. The molecule has 0 saturated carbocycles. The molecule has 0 fully saturated rings. The van der Waals surface area contributed by atoms with Crippen molar-refractivity contribution in [2.24, 2.45) is 0 Å². The van der Waals surface area contributed by atoms with E-state index in [1.807, 2.05) is 23.6 Å². The van der Waals surface area contributed by atoms with Crippen LogP contribution in [0.25, 0.3) is 0 Å². The predicted octanol–water partition coefficient (Wildman–Crippen LogP) is 3.87. The van der Waals surface area contributed by atoms with Crippen LogP contribution in [0.3, 0.4) is 0 Å². The highest BCUT2D eigenvalue weighted by atomic mass is 35.5. The first-order valence-electron chi connectivity index (χ1n) is 6.66. The van der Waals surface area contributed by atoms with E-state index in [9.17, 15) is 0 Å². The lowest BCUT2D eigenvalue weighted by Gasteiger charge is -2.25. The number of para-hydroxylation sites is 1. The lowest BCUT2D eigenvalue weighted by Crippen LogP contribution is -2.24. The Labute approximate surface area is 127 Å². The molecule has 1 atom stereocenters. The van der Waals surface area contributed by atoms with Crippen molar-refractivity contribution in [3.63, 3.8) is 0 Å². The van der Waals surface area contributed by atoms with Gasteiger partial charge in [0, 0.05) is 10.4 Å². The molecule has 1 aliphatic heterocycles. The van der Waals surface area contributed by atoms with Crippen molar-refractivity contribution >= 4 is 22.9 Å². The zero-order chi connectivity index (χ0) is 13.9. The van der Waals surface area contributed by atoms with E-state index in [2.05, 4.69) is 18.3 Å². The van der Waals surface area contributed by atoms with E-state index >= 15 is 0 Å². The normalized spacial score (nSPS) is 15.1. The summed E-state index contributed by atoms with van der Waals surface area (Å²) in [6.45, 7) is 4.12. The number of fused-ring (bicyclic) bond motifs is 1. The van der Waals surface area contributed by atoms with Gasteiger partial charge in [0.2, 0.25) is 0 Å². The lowest BCUT2D eigenvalue weighted by atomic mass is 10.0. The van der Waals surface area contributed by atoms with E-state index in [-0.39, 0.29) is 6.04 Å². The van der Waals surface area contributed by atoms with Crippen LogP contribution in [0, 0.1) is 0 Å². The quantitative estimate of drug-likeness (QED) is 0.930. The minimum atomic E-state index is 0.0316. The van der Waals surface area contributed by atoms with E-state index in [0.717, 1.165) is 33.5 Å². The van der Waals surface area contributed by atoms with Crippen LogP contribution in [0.15, 0.2) is 29.6 Å². The van der Waals surface area contributed by atoms with Crippen molar-refractivity contribution in [2.45, 2.75) is 13.0 Å². The van der Waals surface area contributed by atoms with Crippen LogP contribution in [-0.2, 0) is 0 Å². The van der Waals surface area contributed by atoms with Crippen molar-refractivity contribution in [3.05, 3.63) is 45.1 Å². The third-order valence-electron chi connectivity index (χ3n) is 3.22. The van der Waals surface area contributed by atoms with Gasteiger partial charge in [0.25, 0.3) is 0 Å². The van der Waals surface area contributed by atoms with Crippen molar-refractivity contribution in [3.8, 4) is 11.5 Å². The maximum absolute atomic E-state index is 6.30. The molecule has 0 amide bonds. The zero-order valence-corrected chi connectivity index (χ0v) is 12.8. The molecule has 0 saturated heterocycles. The van der Waals surface area contributed by atoms with Gasteiger partial charge in [0.1, 0.15) is 13.2 Å². The molecule has 1 aliphatic rings. The number of halogens is 1. The Balaban J connectivity index is 2.06. The third-order valence-corrected chi connectivity index (χ3v) is 4.65. The topological polar surface area (TPSA) is 30.5 Å². The van der Waals surface area contributed by atoms with E-state index in [4.69, 9.17) is 21.1 Å². The Morgan fingerprint density at radius 2 is 2.15 bits per heavy atom. The molecule has 0 bridgehead atoms. The third kappa shape index (κ3) is 2.51. The summed E-state index contributed by atoms with van der Waals surface area (Å²) in [5.41, 5.74) is 1.08. The molecular weight excluding hydrogens is 294 g/mol. The second-order valence-electron chi connectivity index (χ2n) is 4.49. The van der Waals surface area contributed by atoms with Gasteiger partial charge >= 0.3 is 0 Å². The molecule has 2 aromatic rings. The van der Waals surface area contributed by atoms with Crippen molar-refractivity contribution in [1.29, 1.82) is 0 Å². The highest BCUT2D eigenvalue weighted by molar-refractivity contribution is 7.10. The smallest absolute Gasteiger partial charge is 0.166 e. The average Bonchev–Trinajstić information content (AvgIpc) is 2.90. The number of ether oxygens (including phenoxy) is 2. The fraction of sp³-hybridized carbons (Fsp3) is 0.333. The minimum Gasteiger partial charge on any atom is -0.486 e. The molecule has 1 aromatic heterocycles. The van der Waals surface area contributed by atoms with E-state index in [0.29, 0.717) is 13.2 Å². The summed E-state index contributed by atoms with van der Waals surface area (Å²) >= 11 is 7.95. The Hall–Kier alpha value is -1.23. The molecule has 0 spiro atoms. The Morgan fingerprint density at radius 1 is 1.30 bits per heavy atom. The number of benzene rings is 1. The van der Waals surface area contributed by atoms with Crippen LogP contribution in [0.1, 0.15) is 23.4 Å². The first-order valence-corrected chi connectivity index (χ1v) is 7.91. The lowest BCUT2D eigenvalue weighted by molar-refractivity contribution is 0.169. The fourth-order valence-corrected chi connectivity index (χ4v) is 3.64. The van der Waals surface area contributed by atoms with Crippen molar-refractivity contribution in [1.82, 2.24) is 5.32 Å². The standard InChI is InChI=1S/C15H16ClNO2S/c1-2-17-13(15-11(16)6-9-20-15)10-4-3-5-12-14(10)19-8-7-18-12/h3-6,9,13,17H,2,7-8H2,1H3. The highest BCUT2D eigenvalue weighted by Crippen LogP contribution is 2.41. The first-order chi connectivity index (χ1) is 9.81. The second-order valence-corrected chi connectivity index (χ2v) is 5.85. The molecule has 0 radical (unpaired) electrons. The number of rotatable bonds is 4. The van der Waals surface area contributed by atoms with Gasteiger partial charge in [-0.3, -0.25) is 0 Å². The molecule has 5 heteroatoms. The summed E-state index contributed by atoms with van der Waals surface area (Å²) in [7, 11) is 0. The summed E-state index contributed by atoms with van der Waals surface area (Å²) < 4.78 is 11.5. The molecule has 1 aromatic carbocycles. The fourth-order valence-electron chi connectivity index (χ4n) is 2.38. The summed E-state index contributed by atoms with van der Waals surface area (Å²) in [6, 6.07) is 7.96. The molecule has 1 unspecified atom stereocenters. The largest absolute Gasteiger partial charge is 0.486 e. The summed E-state index contributed by atoms with van der Waals surface area (Å²) in [4.78, 5) is 1.11. The maximum Gasteiger partial charge on any atom is 0.166 e. The van der Waals surface area contributed by atoms with Gasteiger partial charge < -0.3 is 14.8 Å². The molecular formula is C15H16ClNO2S. The van der Waals surface area contributed by atoms with E-state index in [1.165, 1.54) is 0 Å². The average molecular weight is 310 g/mol.